The van der Waals surface area contributed by atoms with Crippen molar-refractivity contribution in [1.82, 2.24) is 20.9 Å². The summed E-state index contributed by atoms with van der Waals surface area (Å²) in [7, 11) is 2.21. The number of hydrogen-bond donors (Lipinski definition) is 3. The Labute approximate surface area is 187 Å². The highest BCUT2D eigenvalue weighted by atomic mass is 16.1. The Morgan fingerprint density at radius 1 is 0.767 bits per heavy atom. The van der Waals surface area contributed by atoms with Crippen LogP contribution >= 0.6 is 0 Å². The van der Waals surface area contributed by atoms with Crippen LogP contribution in [0.4, 0.5) is 0 Å². The summed E-state index contributed by atoms with van der Waals surface area (Å²) in [6.07, 6.45) is 12.9. The standard InChI is InChI=1S/C25H52N4O/c1-6-9-11-17-26-18-12-13-20-28-25(30)24(8-3)23(4)27-19-14-16-22-29(5)21-15-10-7-2/h24,26-27H,4,6-22H2,1-3,5H3,(H,28,30). The van der Waals surface area contributed by atoms with Gasteiger partial charge in [-0.25, -0.2) is 0 Å². The molecule has 1 amide bonds. The maximum absolute atomic E-state index is 12.5. The average molecular weight is 425 g/mol. The molecule has 0 fully saturated rings. The van der Waals surface area contributed by atoms with Crippen molar-refractivity contribution in [3.8, 4) is 0 Å². The van der Waals surface area contributed by atoms with Gasteiger partial charge in [-0.2, -0.15) is 0 Å². The van der Waals surface area contributed by atoms with Gasteiger partial charge in [-0.05, 0) is 78.2 Å². The van der Waals surface area contributed by atoms with E-state index in [0.29, 0.717) is 0 Å². The minimum atomic E-state index is -0.131. The smallest absolute Gasteiger partial charge is 0.229 e. The minimum absolute atomic E-state index is 0.113. The maximum atomic E-state index is 12.5. The van der Waals surface area contributed by atoms with Gasteiger partial charge in [-0.1, -0.05) is 53.0 Å². The molecule has 0 saturated heterocycles. The molecule has 3 N–H and O–H groups in total. The van der Waals surface area contributed by atoms with Gasteiger partial charge in [0.05, 0.1) is 5.92 Å². The zero-order valence-corrected chi connectivity index (χ0v) is 20.7. The Morgan fingerprint density at radius 2 is 1.27 bits per heavy atom. The molecule has 0 aliphatic rings. The number of amides is 1. The topological polar surface area (TPSA) is 56.4 Å². The lowest BCUT2D eigenvalue weighted by molar-refractivity contribution is -0.124. The summed E-state index contributed by atoms with van der Waals surface area (Å²) >= 11 is 0. The maximum Gasteiger partial charge on any atom is 0.229 e. The second-order valence-electron chi connectivity index (χ2n) is 8.59. The lowest BCUT2D eigenvalue weighted by atomic mass is 10.0. The van der Waals surface area contributed by atoms with Crippen molar-refractivity contribution < 1.29 is 4.79 Å². The first-order valence-electron chi connectivity index (χ1n) is 12.7. The largest absolute Gasteiger partial charge is 0.388 e. The van der Waals surface area contributed by atoms with Gasteiger partial charge >= 0.3 is 0 Å². The van der Waals surface area contributed by atoms with Gasteiger partial charge in [0.1, 0.15) is 0 Å². The second-order valence-corrected chi connectivity index (χ2v) is 8.59. The van der Waals surface area contributed by atoms with Crippen LogP contribution in [0.3, 0.4) is 0 Å². The third-order valence-corrected chi connectivity index (χ3v) is 5.64. The first kappa shape index (κ1) is 28.9. The van der Waals surface area contributed by atoms with Gasteiger partial charge in [-0.3, -0.25) is 4.79 Å². The molecule has 0 aromatic heterocycles. The van der Waals surface area contributed by atoms with Crippen LogP contribution < -0.4 is 16.0 Å². The molecule has 0 saturated carbocycles. The van der Waals surface area contributed by atoms with E-state index in [1.807, 2.05) is 0 Å². The molecule has 30 heavy (non-hydrogen) atoms. The molecule has 0 aliphatic heterocycles. The quantitative estimate of drug-likeness (QED) is 0.221. The highest BCUT2D eigenvalue weighted by molar-refractivity contribution is 5.81. The van der Waals surface area contributed by atoms with Crippen LogP contribution in [0.25, 0.3) is 0 Å². The zero-order valence-electron chi connectivity index (χ0n) is 20.7. The van der Waals surface area contributed by atoms with E-state index in [-0.39, 0.29) is 11.8 Å². The Bertz CT molecular complexity index is 414. The summed E-state index contributed by atoms with van der Waals surface area (Å²) < 4.78 is 0. The molecule has 0 aromatic carbocycles. The Morgan fingerprint density at radius 3 is 1.90 bits per heavy atom. The molecule has 0 heterocycles. The van der Waals surface area contributed by atoms with Gasteiger partial charge in [0, 0.05) is 18.8 Å². The van der Waals surface area contributed by atoms with Gasteiger partial charge < -0.3 is 20.9 Å². The minimum Gasteiger partial charge on any atom is -0.388 e. The van der Waals surface area contributed by atoms with E-state index in [9.17, 15) is 4.79 Å². The summed E-state index contributed by atoms with van der Waals surface area (Å²) in [5.74, 6) is -0.0181. The van der Waals surface area contributed by atoms with E-state index in [1.165, 1.54) is 51.5 Å². The lowest BCUT2D eigenvalue weighted by Crippen LogP contribution is -2.36. The van der Waals surface area contributed by atoms with E-state index in [1.54, 1.807) is 0 Å². The zero-order chi connectivity index (χ0) is 22.5. The molecule has 0 radical (unpaired) electrons. The number of rotatable bonds is 22. The number of unbranched alkanes of at least 4 members (excludes halogenated alkanes) is 6. The Balaban J connectivity index is 3.78. The monoisotopic (exact) mass is 424 g/mol. The van der Waals surface area contributed by atoms with Crippen molar-refractivity contribution in [3.05, 3.63) is 12.3 Å². The molecule has 178 valence electrons. The molecule has 1 unspecified atom stereocenters. The van der Waals surface area contributed by atoms with E-state index in [2.05, 4.69) is 55.2 Å². The number of hydrogen-bond acceptors (Lipinski definition) is 4. The molecule has 0 rings (SSSR count). The highest BCUT2D eigenvalue weighted by Gasteiger charge is 2.18. The predicted octanol–water partition coefficient (Wildman–Crippen LogP) is 4.69. The normalized spacial score (nSPS) is 12.2. The third-order valence-electron chi connectivity index (χ3n) is 5.64. The summed E-state index contributed by atoms with van der Waals surface area (Å²) in [5.41, 5.74) is 0.865. The van der Waals surface area contributed by atoms with Crippen molar-refractivity contribution >= 4 is 5.91 Å². The number of nitrogens with zero attached hydrogens (tertiary/aromatic N) is 1. The predicted molar refractivity (Wildman–Crippen MR) is 132 cm³/mol. The number of carbonyl (C=O) groups excluding carboxylic acids is 1. The molecule has 0 bridgehead atoms. The summed E-state index contributed by atoms with van der Waals surface area (Å²) in [5, 5.41) is 9.96. The first-order valence-corrected chi connectivity index (χ1v) is 12.7. The van der Waals surface area contributed by atoms with Crippen LogP contribution in [0.15, 0.2) is 12.3 Å². The fraction of sp³-hybridized carbons (Fsp3) is 0.880. The van der Waals surface area contributed by atoms with Crippen molar-refractivity contribution in [2.75, 3.05) is 46.3 Å². The highest BCUT2D eigenvalue weighted by Crippen LogP contribution is 2.11. The van der Waals surface area contributed by atoms with E-state index >= 15 is 0 Å². The van der Waals surface area contributed by atoms with Crippen molar-refractivity contribution in [2.24, 2.45) is 5.92 Å². The molecular formula is C25H52N4O. The van der Waals surface area contributed by atoms with Crippen molar-refractivity contribution in [2.45, 2.75) is 91.4 Å². The molecule has 1 atom stereocenters. The summed E-state index contributed by atoms with van der Waals surface area (Å²) in [6.45, 7) is 16.8. The van der Waals surface area contributed by atoms with Gasteiger partial charge in [-0.15, -0.1) is 0 Å². The van der Waals surface area contributed by atoms with E-state index in [4.69, 9.17) is 0 Å². The fourth-order valence-corrected chi connectivity index (χ4v) is 3.55. The van der Waals surface area contributed by atoms with E-state index < -0.39 is 0 Å². The van der Waals surface area contributed by atoms with Crippen LogP contribution in [0.5, 0.6) is 0 Å². The molecule has 5 nitrogen and oxygen atoms in total. The molecule has 0 aromatic rings. The second kappa shape index (κ2) is 21.2. The Kier molecular flexibility index (Phi) is 20.4. The van der Waals surface area contributed by atoms with Gasteiger partial charge in [0.25, 0.3) is 0 Å². The van der Waals surface area contributed by atoms with Crippen LogP contribution in [-0.4, -0.2) is 57.1 Å². The van der Waals surface area contributed by atoms with Crippen LogP contribution in [0, 0.1) is 5.92 Å². The van der Waals surface area contributed by atoms with Crippen LogP contribution in [-0.2, 0) is 4.79 Å². The van der Waals surface area contributed by atoms with Crippen LogP contribution in [0.1, 0.15) is 91.4 Å². The molecular weight excluding hydrogens is 372 g/mol. The van der Waals surface area contributed by atoms with Crippen LogP contribution in [0.2, 0.25) is 0 Å². The lowest BCUT2D eigenvalue weighted by Gasteiger charge is -2.20. The molecule has 0 spiro atoms. The van der Waals surface area contributed by atoms with Crippen molar-refractivity contribution in [1.29, 1.82) is 0 Å². The van der Waals surface area contributed by atoms with E-state index in [0.717, 1.165) is 64.1 Å². The number of carbonyl (C=O) groups is 1. The average Bonchev–Trinajstić information content (AvgIpc) is 2.73. The first-order chi connectivity index (χ1) is 14.6. The number of nitrogens with one attached hydrogen (secondary N) is 3. The Hall–Kier alpha value is -1.07. The van der Waals surface area contributed by atoms with Crippen molar-refractivity contribution in [3.63, 3.8) is 0 Å². The molecule has 0 aliphatic carbocycles. The van der Waals surface area contributed by atoms with Gasteiger partial charge in [0.2, 0.25) is 5.91 Å². The summed E-state index contributed by atoms with van der Waals surface area (Å²) in [6, 6.07) is 0. The summed E-state index contributed by atoms with van der Waals surface area (Å²) in [4.78, 5) is 14.9. The SMILES string of the molecule is C=C(NCCCCN(C)CCCCC)C(CC)C(=O)NCCCCNCCCCC. The van der Waals surface area contributed by atoms with Gasteiger partial charge in [0.15, 0.2) is 0 Å². The third kappa shape index (κ3) is 16.7. The molecule has 5 heteroatoms. The fourth-order valence-electron chi connectivity index (χ4n) is 3.55.